The van der Waals surface area contributed by atoms with Gasteiger partial charge in [-0.2, -0.15) is 26.3 Å². The number of benzene rings is 1. The maximum absolute atomic E-state index is 13.3. The lowest BCUT2D eigenvalue weighted by atomic mass is 9.79. The van der Waals surface area contributed by atoms with E-state index in [1.165, 1.54) is 0 Å². The van der Waals surface area contributed by atoms with E-state index in [9.17, 15) is 30.6 Å². The maximum atomic E-state index is 13.3. The van der Waals surface area contributed by atoms with Gasteiger partial charge < -0.3 is 5.32 Å². The third kappa shape index (κ3) is 2.94. The first-order chi connectivity index (χ1) is 9.58. The second kappa shape index (κ2) is 5.28. The Balaban J connectivity index is 2.48. The van der Waals surface area contributed by atoms with Crippen molar-refractivity contribution < 1.29 is 30.6 Å². The van der Waals surface area contributed by atoms with Gasteiger partial charge in [0.05, 0.1) is 0 Å². The molecule has 9 heteroatoms. The summed E-state index contributed by atoms with van der Waals surface area (Å²) in [4.78, 5) is -0.671. The molecule has 2 nitrogen and oxygen atoms in total. The summed E-state index contributed by atoms with van der Waals surface area (Å²) in [6.07, 6.45) is -4.87. The van der Waals surface area contributed by atoms with Crippen molar-refractivity contribution in [1.29, 1.82) is 0 Å². The normalized spacial score (nSPS) is 25.0. The number of hydrogen-bond acceptors (Lipinski definition) is 2. The Bertz CT molecular complexity index is 547. The standard InChI is InChI=1S/C12H11F6NOS/c13-11(14,15)10(4-5-19-7-10)8-2-1-3-9(6-8)21(20)12(16,17)18/h1-3,6,19H,4-5,7H2/t10-,21+/m0/s1. The summed E-state index contributed by atoms with van der Waals surface area (Å²) < 4.78 is 88.6. The highest BCUT2D eigenvalue weighted by atomic mass is 32.2. The van der Waals surface area contributed by atoms with Crippen molar-refractivity contribution in [2.45, 2.75) is 28.4 Å². The van der Waals surface area contributed by atoms with Crippen molar-refractivity contribution >= 4 is 10.8 Å². The predicted molar refractivity (Wildman–Crippen MR) is 64.1 cm³/mol. The Morgan fingerprint density at radius 2 is 1.81 bits per heavy atom. The molecule has 1 fully saturated rings. The molecule has 0 aliphatic carbocycles. The lowest BCUT2D eigenvalue weighted by molar-refractivity contribution is -0.185. The van der Waals surface area contributed by atoms with Gasteiger partial charge in [-0.05, 0) is 30.7 Å². The molecular formula is C12H11F6NOS. The van der Waals surface area contributed by atoms with Crippen LogP contribution >= 0.6 is 0 Å². The Kier molecular flexibility index (Phi) is 4.09. The zero-order chi connectivity index (χ0) is 15.9. The van der Waals surface area contributed by atoms with Crippen molar-refractivity contribution in [3.05, 3.63) is 29.8 Å². The van der Waals surface area contributed by atoms with E-state index in [-0.39, 0.29) is 18.5 Å². The second-order valence-corrected chi connectivity index (χ2v) is 6.22. The molecule has 0 radical (unpaired) electrons. The highest BCUT2D eigenvalue weighted by molar-refractivity contribution is 7.86. The van der Waals surface area contributed by atoms with E-state index < -0.39 is 39.3 Å². The highest BCUT2D eigenvalue weighted by Crippen LogP contribution is 2.45. The van der Waals surface area contributed by atoms with Crippen LogP contribution in [0.15, 0.2) is 29.2 Å². The second-order valence-electron chi connectivity index (χ2n) is 4.75. The minimum absolute atomic E-state index is 0.117. The molecule has 1 aliphatic rings. The van der Waals surface area contributed by atoms with E-state index in [1.54, 1.807) is 0 Å². The van der Waals surface area contributed by atoms with Gasteiger partial charge in [-0.1, -0.05) is 12.1 Å². The largest absolute Gasteiger partial charge is 0.475 e. The smallest absolute Gasteiger partial charge is 0.315 e. The van der Waals surface area contributed by atoms with Crippen LogP contribution in [0.4, 0.5) is 26.3 Å². The van der Waals surface area contributed by atoms with Gasteiger partial charge in [-0.15, -0.1) is 0 Å². The van der Waals surface area contributed by atoms with Crippen molar-refractivity contribution in [3.8, 4) is 0 Å². The first-order valence-electron chi connectivity index (χ1n) is 5.94. The van der Waals surface area contributed by atoms with E-state index in [0.717, 1.165) is 24.3 Å². The monoisotopic (exact) mass is 331 g/mol. The molecule has 0 amide bonds. The number of hydrogen-bond donors (Lipinski definition) is 1. The molecule has 1 heterocycles. The number of alkyl halides is 6. The van der Waals surface area contributed by atoms with Gasteiger partial charge in [0.25, 0.3) is 0 Å². The molecule has 1 aromatic carbocycles. The van der Waals surface area contributed by atoms with Crippen LogP contribution in [0, 0.1) is 0 Å². The van der Waals surface area contributed by atoms with Crippen LogP contribution in [-0.2, 0) is 16.2 Å². The fourth-order valence-electron chi connectivity index (χ4n) is 2.39. The lowest BCUT2D eigenvalue weighted by Crippen LogP contribution is -2.44. The van der Waals surface area contributed by atoms with Crippen molar-refractivity contribution in [2.24, 2.45) is 0 Å². The Morgan fingerprint density at radius 3 is 2.29 bits per heavy atom. The van der Waals surface area contributed by atoms with Gasteiger partial charge in [0.15, 0.2) is 10.8 Å². The molecule has 1 N–H and O–H groups in total. The van der Waals surface area contributed by atoms with Crippen LogP contribution in [-0.4, -0.2) is 29.0 Å². The van der Waals surface area contributed by atoms with Gasteiger partial charge in [0.2, 0.25) is 0 Å². The fourth-order valence-corrected chi connectivity index (χ4v) is 3.09. The first kappa shape index (κ1) is 16.3. The summed E-state index contributed by atoms with van der Waals surface area (Å²) in [5.41, 5.74) is -7.54. The summed E-state index contributed by atoms with van der Waals surface area (Å²) in [6, 6.07) is 3.85. The maximum Gasteiger partial charge on any atom is 0.475 e. The summed E-state index contributed by atoms with van der Waals surface area (Å²) in [6.45, 7) is -0.287. The minimum atomic E-state index is -5.00. The van der Waals surface area contributed by atoms with E-state index in [2.05, 4.69) is 5.32 Å². The van der Waals surface area contributed by atoms with Gasteiger partial charge in [0.1, 0.15) is 5.41 Å². The van der Waals surface area contributed by atoms with Crippen LogP contribution in [0.3, 0.4) is 0 Å². The Morgan fingerprint density at radius 1 is 1.14 bits per heavy atom. The Hall–Kier alpha value is -1.09. The highest BCUT2D eigenvalue weighted by Gasteiger charge is 2.57. The Labute approximate surface area is 119 Å². The van der Waals surface area contributed by atoms with Crippen molar-refractivity contribution in [3.63, 3.8) is 0 Å². The van der Waals surface area contributed by atoms with Crippen molar-refractivity contribution in [1.82, 2.24) is 5.32 Å². The molecule has 2 atom stereocenters. The van der Waals surface area contributed by atoms with Crippen LogP contribution in [0.5, 0.6) is 0 Å². The van der Waals surface area contributed by atoms with E-state index in [0.29, 0.717) is 0 Å². The molecule has 1 aliphatic heterocycles. The van der Waals surface area contributed by atoms with Crippen LogP contribution in [0.25, 0.3) is 0 Å². The minimum Gasteiger partial charge on any atom is -0.315 e. The number of rotatable bonds is 2. The van der Waals surface area contributed by atoms with Gasteiger partial charge >= 0.3 is 11.7 Å². The number of halogens is 6. The molecule has 0 aromatic heterocycles. The van der Waals surface area contributed by atoms with Crippen LogP contribution in [0.1, 0.15) is 12.0 Å². The van der Waals surface area contributed by atoms with Crippen LogP contribution < -0.4 is 5.32 Å². The summed E-state index contributed by atoms with van der Waals surface area (Å²) >= 11 is 0. The van der Waals surface area contributed by atoms with E-state index >= 15 is 0 Å². The molecule has 118 valence electrons. The molecule has 2 rings (SSSR count). The predicted octanol–water partition coefficient (Wildman–Crippen LogP) is 3.11. The number of nitrogens with one attached hydrogen (secondary N) is 1. The molecular weight excluding hydrogens is 320 g/mol. The SMILES string of the molecule is O=[S@](c1cccc([C@]2(C(F)(F)F)CCNC2)c1)C(F)(F)F. The molecule has 0 spiro atoms. The summed E-state index contributed by atoms with van der Waals surface area (Å²) in [5.74, 6) is 0. The summed E-state index contributed by atoms with van der Waals surface area (Å²) in [7, 11) is -3.34. The fraction of sp³-hybridized carbons (Fsp3) is 0.500. The average Bonchev–Trinajstić information content (AvgIpc) is 2.87. The zero-order valence-corrected chi connectivity index (χ0v) is 11.3. The quantitative estimate of drug-likeness (QED) is 0.844. The van der Waals surface area contributed by atoms with E-state index in [1.807, 2.05) is 0 Å². The van der Waals surface area contributed by atoms with Gasteiger partial charge in [-0.25, -0.2) is 4.21 Å². The molecule has 1 saturated heterocycles. The molecule has 0 bridgehead atoms. The zero-order valence-electron chi connectivity index (χ0n) is 10.5. The molecule has 1 aromatic rings. The molecule has 0 unspecified atom stereocenters. The third-order valence-electron chi connectivity index (χ3n) is 3.51. The van der Waals surface area contributed by atoms with Gasteiger partial charge in [0, 0.05) is 11.4 Å². The third-order valence-corrected chi connectivity index (χ3v) is 4.61. The topological polar surface area (TPSA) is 29.1 Å². The summed E-state index contributed by atoms with van der Waals surface area (Å²) in [5, 5.41) is 2.58. The lowest BCUT2D eigenvalue weighted by Gasteiger charge is -2.31. The van der Waals surface area contributed by atoms with E-state index in [4.69, 9.17) is 0 Å². The van der Waals surface area contributed by atoms with Crippen molar-refractivity contribution in [2.75, 3.05) is 13.1 Å². The first-order valence-corrected chi connectivity index (χ1v) is 7.09. The van der Waals surface area contributed by atoms with Crippen LogP contribution in [0.2, 0.25) is 0 Å². The average molecular weight is 331 g/mol. The molecule has 0 saturated carbocycles. The molecule has 21 heavy (non-hydrogen) atoms. The van der Waals surface area contributed by atoms with Gasteiger partial charge in [-0.3, -0.25) is 0 Å².